The van der Waals surface area contributed by atoms with Crippen LogP contribution in [-0.2, 0) is 21.4 Å². The zero-order valence-corrected chi connectivity index (χ0v) is 21.3. The number of primary amides is 1. The van der Waals surface area contributed by atoms with Crippen LogP contribution < -0.4 is 11.1 Å². The van der Waals surface area contributed by atoms with E-state index < -0.39 is 10.0 Å². The van der Waals surface area contributed by atoms with E-state index in [1.807, 2.05) is 6.07 Å². The highest BCUT2D eigenvalue weighted by Crippen LogP contribution is 2.22. The number of nitrogens with one attached hydrogen (secondary N) is 1. The third-order valence-corrected chi connectivity index (χ3v) is 7.72. The van der Waals surface area contributed by atoms with E-state index in [1.54, 1.807) is 29.6 Å². The van der Waals surface area contributed by atoms with Crippen LogP contribution >= 0.6 is 24.0 Å². The third-order valence-electron chi connectivity index (χ3n) is 5.82. The molecule has 2 aliphatic rings. The molecule has 2 heterocycles. The minimum atomic E-state index is -3.45. The number of hydrogen-bond donors (Lipinski definition) is 2. The van der Waals surface area contributed by atoms with Crippen molar-refractivity contribution in [3.05, 3.63) is 29.8 Å². The van der Waals surface area contributed by atoms with E-state index in [0.29, 0.717) is 31.0 Å². The molecule has 10 heteroatoms. The van der Waals surface area contributed by atoms with Gasteiger partial charge in [0.2, 0.25) is 15.9 Å². The number of halogens is 1. The quantitative estimate of drug-likeness (QED) is 0.313. The van der Waals surface area contributed by atoms with Gasteiger partial charge in [-0.25, -0.2) is 8.42 Å². The lowest BCUT2D eigenvalue weighted by Gasteiger charge is -2.34. The predicted molar refractivity (Wildman–Crippen MR) is 133 cm³/mol. The Morgan fingerprint density at radius 3 is 2.61 bits per heavy atom. The van der Waals surface area contributed by atoms with Crippen molar-refractivity contribution in [1.82, 2.24) is 14.5 Å². The molecule has 0 spiro atoms. The van der Waals surface area contributed by atoms with Crippen molar-refractivity contribution in [3.63, 3.8) is 0 Å². The van der Waals surface area contributed by atoms with Crippen LogP contribution in [0.25, 0.3) is 0 Å². The fraction of sp³-hybridized carbons (Fsp3) is 0.619. The second-order valence-corrected chi connectivity index (χ2v) is 10.1. The minimum Gasteiger partial charge on any atom is -0.370 e. The second-order valence-electron chi connectivity index (χ2n) is 8.14. The number of hydrogen-bond acceptors (Lipinski definition) is 4. The molecular formula is C21H34IN5O3S. The fourth-order valence-corrected chi connectivity index (χ4v) is 5.88. The van der Waals surface area contributed by atoms with E-state index in [2.05, 4.69) is 15.2 Å². The Balaban J connectivity index is 0.00000341. The number of benzene rings is 1. The molecule has 1 atom stereocenters. The number of sulfonamides is 1. The van der Waals surface area contributed by atoms with Crippen molar-refractivity contribution in [2.24, 2.45) is 16.6 Å². The number of rotatable bonds is 6. The topological polar surface area (TPSA) is 108 Å². The normalized spacial score (nSPS) is 20.7. The predicted octanol–water partition coefficient (Wildman–Crippen LogP) is 2.14. The summed E-state index contributed by atoms with van der Waals surface area (Å²) < 4.78 is 27.5. The average Bonchev–Trinajstić information content (AvgIpc) is 2.75. The highest BCUT2D eigenvalue weighted by Gasteiger charge is 2.26. The maximum absolute atomic E-state index is 12.9. The lowest BCUT2D eigenvalue weighted by molar-refractivity contribution is -0.119. The second kappa shape index (κ2) is 12.0. The van der Waals surface area contributed by atoms with E-state index in [-0.39, 0.29) is 35.8 Å². The first-order valence-electron chi connectivity index (χ1n) is 10.7. The molecule has 1 amide bonds. The van der Waals surface area contributed by atoms with Gasteiger partial charge < -0.3 is 16.0 Å². The molecule has 3 N–H and O–H groups in total. The zero-order valence-electron chi connectivity index (χ0n) is 18.1. The summed E-state index contributed by atoms with van der Waals surface area (Å²) in [4.78, 5) is 18.1. The Hall–Kier alpha value is -1.40. The Bertz CT molecular complexity index is 872. The summed E-state index contributed by atoms with van der Waals surface area (Å²) in [6.45, 7) is 3.29. The first kappa shape index (κ1) is 25.9. The zero-order chi connectivity index (χ0) is 21.6. The number of aliphatic imine (C=N–C) groups is 1. The maximum Gasteiger partial charge on any atom is 0.243 e. The van der Waals surface area contributed by atoms with E-state index in [9.17, 15) is 13.2 Å². The van der Waals surface area contributed by atoms with E-state index in [1.165, 1.54) is 0 Å². The van der Waals surface area contributed by atoms with Crippen molar-refractivity contribution in [1.29, 1.82) is 0 Å². The van der Waals surface area contributed by atoms with Gasteiger partial charge in [-0.15, -0.1) is 24.0 Å². The van der Waals surface area contributed by atoms with Gasteiger partial charge >= 0.3 is 0 Å². The monoisotopic (exact) mass is 563 g/mol. The van der Waals surface area contributed by atoms with Crippen LogP contribution in [0.2, 0.25) is 0 Å². The summed E-state index contributed by atoms with van der Waals surface area (Å²) in [7, 11) is -1.71. The average molecular weight is 564 g/mol. The molecule has 8 nitrogen and oxygen atoms in total. The van der Waals surface area contributed by atoms with Crippen molar-refractivity contribution in [2.45, 2.75) is 50.0 Å². The number of piperidine rings is 2. The molecule has 1 unspecified atom stereocenters. The molecule has 1 aromatic carbocycles. The first-order valence-corrected chi connectivity index (χ1v) is 12.2. The maximum atomic E-state index is 12.9. The molecular weight excluding hydrogens is 529 g/mol. The summed E-state index contributed by atoms with van der Waals surface area (Å²) >= 11 is 0. The summed E-state index contributed by atoms with van der Waals surface area (Å²) in [5.41, 5.74) is 6.25. The Morgan fingerprint density at radius 1 is 1.19 bits per heavy atom. The van der Waals surface area contributed by atoms with E-state index in [4.69, 9.17) is 5.73 Å². The van der Waals surface area contributed by atoms with E-state index >= 15 is 0 Å². The molecule has 0 radical (unpaired) electrons. The van der Waals surface area contributed by atoms with Gasteiger partial charge in [-0.1, -0.05) is 18.6 Å². The van der Waals surface area contributed by atoms with Crippen molar-refractivity contribution in [3.8, 4) is 0 Å². The molecule has 2 fully saturated rings. The standard InChI is InChI=1S/C21H33N5O3S.HI/c1-23-21(25-10-6-8-18(16-25)14-20(22)27)24-15-17-7-5-9-19(13-17)30(28,29)26-11-3-2-4-12-26;/h5,7,9,13,18H,2-4,6,8,10-12,14-16H2,1H3,(H2,22,27)(H,23,24);1H. The Kier molecular flexibility index (Phi) is 10.0. The fourth-order valence-electron chi connectivity index (χ4n) is 4.29. The molecule has 31 heavy (non-hydrogen) atoms. The molecule has 0 aliphatic carbocycles. The molecule has 3 rings (SSSR count). The van der Waals surface area contributed by atoms with Crippen LogP contribution in [-0.4, -0.2) is 62.7 Å². The van der Waals surface area contributed by atoms with Gasteiger partial charge in [0.05, 0.1) is 4.90 Å². The van der Waals surface area contributed by atoms with Gasteiger partial charge in [-0.3, -0.25) is 9.79 Å². The number of guanidine groups is 1. The molecule has 0 bridgehead atoms. The molecule has 0 aromatic heterocycles. The van der Waals surface area contributed by atoms with Crippen molar-refractivity contribution >= 4 is 45.9 Å². The number of likely N-dealkylation sites (tertiary alicyclic amines) is 1. The van der Waals surface area contributed by atoms with Gasteiger partial charge in [-0.05, 0) is 49.3 Å². The number of nitrogens with two attached hydrogens (primary N) is 1. The summed E-state index contributed by atoms with van der Waals surface area (Å²) in [5, 5.41) is 3.34. The van der Waals surface area contributed by atoms with Crippen LogP contribution in [0.1, 0.15) is 44.1 Å². The van der Waals surface area contributed by atoms with Crippen LogP contribution in [0.3, 0.4) is 0 Å². The summed E-state index contributed by atoms with van der Waals surface area (Å²) in [6, 6.07) is 7.12. The molecule has 0 saturated carbocycles. The van der Waals surface area contributed by atoms with Crippen LogP contribution in [0.15, 0.2) is 34.2 Å². The van der Waals surface area contributed by atoms with Gasteiger partial charge in [0.15, 0.2) is 5.96 Å². The highest BCUT2D eigenvalue weighted by atomic mass is 127. The lowest BCUT2D eigenvalue weighted by atomic mass is 9.95. The van der Waals surface area contributed by atoms with Crippen LogP contribution in [0.5, 0.6) is 0 Å². The molecule has 1 aromatic rings. The number of carbonyl (C=O) groups excluding carboxylic acids is 1. The van der Waals surface area contributed by atoms with Gasteiger partial charge in [0.25, 0.3) is 0 Å². The minimum absolute atomic E-state index is 0. The highest BCUT2D eigenvalue weighted by molar-refractivity contribution is 14.0. The first-order chi connectivity index (χ1) is 14.4. The summed E-state index contributed by atoms with van der Waals surface area (Å²) in [6.07, 6.45) is 5.30. The van der Waals surface area contributed by atoms with Crippen LogP contribution in [0.4, 0.5) is 0 Å². The molecule has 174 valence electrons. The largest absolute Gasteiger partial charge is 0.370 e. The van der Waals surface area contributed by atoms with Gasteiger partial charge in [0.1, 0.15) is 0 Å². The van der Waals surface area contributed by atoms with Gasteiger partial charge in [0, 0.05) is 46.2 Å². The molecule has 2 saturated heterocycles. The van der Waals surface area contributed by atoms with E-state index in [0.717, 1.165) is 56.7 Å². The Labute approximate surface area is 202 Å². The third kappa shape index (κ3) is 7.04. The van der Waals surface area contributed by atoms with Gasteiger partial charge in [-0.2, -0.15) is 4.31 Å². The summed E-state index contributed by atoms with van der Waals surface area (Å²) in [5.74, 6) is 0.734. The lowest BCUT2D eigenvalue weighted by Crippen LogP contribution is -2.46. The van der Waals surface area contributed by atoms with Crippen molar-refractivity contribution in [2.75, 3.05) is 33.2 Å². The molecule has 2 aliphatic heterocycles. The van der Waals surface area contributed by atoms with Crippen LogP contribution in [0, 0.1) is 5.92 Å². The SMILES string of the molecule is CN=C(NCc1cccc(S(=O)(=O)N2CCCCC2)c1)N1CCCC(CC(N)=O)C1.I. The van der Waals surface area contributed by atoms with Crippen molar-refractivity contribution < 1.29 is 13.2 Å². The smallest absolute Gasteiger partial charge is 0.243 e. The number of amides is 1. The Morgan fingerprint density at radius 2 is 1.94 bits per heavy atom. The number of nitrogens with zero attached hydrogens (tertiary/aromatic N) is 3. The number of carbonyl (C=O) groups is 1.